The van der Waals surface area contributed by atoms with Gasteiger partial charge in [0.1, 0.15) is 5.82 Å². The average molecular weight is 250 g/mol. The third-order valence-electron chi connectivity index (χ3n) is 2.99. The first-order valence-electron chi connectivity index (χ1n) is 6.13. The Bertz CT molecular complexity index is 695. The zero-order chi connectivity index (χ0) is 13.1. The molecular weight excluding hydrogens is 236 g/mol. The van der Waals surface area contributed by atoms with Crippen molar-refractivity contribution in [3.63, 3.8) is 0 Å². The van der Waals surface area contributed by atoms with E-state index in [4.69, 9.17) is 5.84 Å². The van der Waals surface area contributed by atoms with Gasteiger partial charge in [-0.3, -0.25) is 0 Å². The van der Waals surface area contributed by atoms with E-state index < -0.39 is 0 Å². The van der Waals surface area contributed by atoms with E-state index in [0.29, 0.717) is 12.2 Å². The van der Waals surface area contributed by atoms with Crippen LogP contribution < -0.4 is 11.3 Å². The fraction of sp³-hybridized carbons (Fsp3) is 0.0667. The first-order valence-corrected chi connectivity index (χ1v) is 6.13. The van der Waals surface area contributed by atoms with Crippen molar-refractivity contribution in [3.05, 3.63) is 66.0 Å². The van der Waals surface area contributed by atoms with E-state index in [1.54, 1.807) is 0 Å². The molecule has 3 rings (SSSR count). The molecule has 0 spiro atoms. The van der Waals surface area contributed by atoms with E-state index >= 15 is 0 Å². The molecule has 94 valence electrons. The zero-order valence-electron chi connectivity index (χ0n) is 10.4. The van der Waals surface area contributed by atoms with Gasteiger partial charge in [-0.25, -0.2) is 15.8 Å². The second-order valence-electron chi connectivity index (χ2n) is 4.31. The van der Waals surface area contributed by atoms with Gasteiger partial charge in [0.25, 0.3) is 0 Å². The minimum absolute atomic E-state index is 0.663. The van der Waals surface area contributed by atoms with Gasteiger partial charge in [-0.15, -0.1) is 0 Å². The van der Waals surface area contributed by atoms with Crippen molar-refractivity contribution in [2.75, 3.05) is 5.43 Å². The van der Waals surface area contributed by atoms with Gasteiger partial charge in [0.2, 0.25) is 0 Å². The lowest BCUT2D eigenvalue weighted by Gasteiger charge is -2.07. The molecule has 0 aliphatic heterocycles. The van der Waals surface area contributed by atoms with Gasteiger partial charge in [-0.2, -0.15) is 0 Å². The molecule has 4 nitrogen and oxygen atoms in total. The van der Waals surface area contributed by atoms with Crippen molar-refractivity contribution in [1.82, 2.24) is 9.97 Å². The quantitative estimate of drug-likeness (QED) is 0.554. The largest absolute Gasteiger partial charge is 0.308 e. The molecule has 0 unspecified atom stereocenters. The highest BCUT2D eigenvalue weighted by molar-refractivity contribution is 5.88. The van der Waals surface area contributed by atoms with Crippen LogP contribution >= 0.6 is 0 Å². The van der Waals surface area contributed by atoms with Gasteiger partial charge < -0.3 is 5.43 Å². The van der Waals surface area contributed by atoms with E-state index in [2.05, 4.69) is 27.5 Å². The number of hydrogen-bond acceptors (Lipinski definition) is 4. The molecule has 4 heteroatoms. The fourth-order valence-electron chi connectivity index (χ4n) is 2.09. The summed E-state index contributed by atoms with van der Waals surface area (Å²) in [7, 11) is 0. The van der Waals surface area contributed by atoms with Gasteiger partial charge in [-0.1, -0.05) is 42.5 Å². The molecule has 0 saturated heterocycles. The molecule has 2 aromatic carbocycles. The predicted octanol–water partition coefficient (Wildman–Crippen LogP) is 2.51. The maximum Gasteiger partial charge on any atom is 0.151 e. The number of aromatic nitrogens is 2. The zero-order valence-corrected chi connectivity index (χ0v) is 10.4. The second-order valence-corrected chi connectivity index (χ2v) is 4.31. The number of anilines is 1. The normalized spacial score (nSPS) is 10.6. The van der Waals surface area contributed by atoms with Crippen LogP contribution in [0.4, 0.5) is 5.82 Å². The third kappa shape index (κ3) is 2.39. The second kappa shape index (κ2) is 5.04. The number of hydrazine groups is 1. The summed E-state index contributed by atoms with van der Waals surface area (Å²) >= 11 is 0. The van der Waals surface area contributed by atoms with Crippen molar-refractivity contribution in [2.45, 2.75) is 6.42 Å². The summed E-state index contributed by atoms with van der Waals surface area (Å²) < 4.78 is 0. The summed E-state index contributed by atoms with van der Waals surface area (Å²) in [5, 5.41) is 0.932. The summed E-state index contributed by atoms with van der Waals surface area (Å²) in [5.41, 5.74) is 4.73. The van der Waals surface area contributed by atoms with E-state index in [9.17, 15) is 0 Å². The summed E-state index contributed by atoms with van der Waals surface area (Å²) in [4.78, 5) is 9.04. The van der Waals surface area contributed by atoms with Crippen LogP contribution in [0, 0.1) is 0 Å². The summed E-state index contributed by atoms with van der Waals surface area (Å²) in [6, 6.07) is 18.0. The molecule has 19 heavy (non-hydrogen) atoms. The molecule has 3 aromatic rings. The Hall–Kier alpha value is -2.46. The van der Waals surface area contributed by atoms with Crippen LogP contribution in [0.5, 0.6) is 0 Å². The Morgan fingerprint density at radius 2 is 1.63 bits per heavy atom. The fourth-order valence-corrected chi connectivity index (χ4v) is 2.09. The van der Waals surface area contributed by atoms with E-state index in [-0.39, 0.29) is 0 Å². The number of nitrogens with two attached hydrogens (primary N) is 1. The number of benzene rings is 2. The molecular formula is C15H14N4. The number of nitrogens with one attached hydrogen (secondary N) is 1. The molecule has 0 aliphatic rings. The van der Waals surface area contributed by atoms with Crippen LogP contribution in [0.1, 0.15) is 11.4 Å². The molecule has 0 aliphatic carbocycles. The topological polar surface area (TPSA) is 63.8 Å². The van der Waals surface area contributed by atoms with E-state index in [0.717, 1.165) is 16.7 Å². The monoisotopic (exact) mass is 250 g/mol. The highest BCUT2D eigenvalue weighted by atomic mass is 15.3. The smallest absolute Gasteiger partial charge is 0.151 e. The van der Waals surface area contributed by atoms with Crippen molar-refractivity contribution >= 4 is 16.7 Å². The van der Waals surface area contributed by atoms with Crippen molar-refractivity contribution in [1.29, 1.82) is 0 Å². The standard InChI is InChI=1S/C15H14N4/c16-19-15-12-8-4-5-9-13(12)17-14(18-15)10-11-6-2-1-3-7-11/h1-9H,10,16H2,(H,17,18,19). The molecule has 0 amide bonds. The minimum Gasteiger partial charge on any atom is -0.308 e. The number of nitrogen functional groups attached to an aromatic ring is 1. The van der Waals surface area contributed by atoms with Crippen LogP contribution in [0.2, 0.25) is 0 Å². The van der Waals surface area contributed by atoms with Crippen molar-refractivity contribution in [3.8, 4) is 0 Å². The third-order valence-corrected chi connectivity index (χ3v) is 2.99. The lowest BCUT2D eigenvalue weighted by molar-refractivity contribution is 0.989. The maximum absolute atomic E-state index is 5.54. The molecule has 0 saturated carbocycles. The molecule has 1 aromatic heterocycles. The molecule has 3 N–H and O–H groups in total. The van der Waals surface area contributed by atoms with Gasteiger partial charge in [0, 0.05) is 11.8 Å². The van der Waals surface area contributed by atoms with Crippen LogP contribution in [0.25, 0.3) is 10.9 Å². The Morgan fingerprint density at radius 3 is 2.42 bits per heavy atom. The van der Waals surface area contributed by atoms with Gasteiger partial charge in [0.15, 0.2) is 5.82 Å². The van der Waals surface area contributed by atoms with Crippen molar-refractivity contribution < 1.29 is 0 Å². The first-order chi connectivity index (χ1) is 9.36. The lowest BCUT2D eigenvalue weighted by atomic mass is 10.1. The Labute approximate surface area is 111 Å². The molecule has 0 fully saturated rings. The molecule has 0 atom stereocenters. The Balaban J connectivity index is 2.05. The van der Waals surface area contributed by atoms with Gasteiger partial charge in [-0.05, 0) is 17.7 Å². The Morgan fingerprint density at radius 1 is 0.895 bits per heavy atom. The number of rotatable bonds is 3. The lowest BCUT2D eigenvalue weighted by Crippen LogP contribution is -2.11. The van der Waals surface area contributed by atoms with Gasteiger partial charge in [0.05, 0.1) is 5.52 Å². The van der Waals surface area contributed by atoms with Crippen LogP contribution in [-0.2, 0) is 6.42 Å². The highest BCUT2D eigenvalue weighted by Crippen LogP contribution is 2.20. The predicted molar refractivity (Wildman–Crippen MR) is 76.6 cm³/mol. The maximum atomic E-state index is 5.54. The number of nitrogens with zero attached hydrogens (tertiary/aromatic N) is 2. The van der Waals surface area contributed by atoms with E-state index in [1.807, 2.05) is 42.5 Å². The summed E-state index contributed by atoms with van der Waals surface area (Å²) in [6.07, 6.45) is 0.695. The average Bonchev–Trinajstić information content (AvgIpc) is 2.47. The van der Waals surface area contributed by atoms with Crippen LogP contribution in [0.3, 0.4) is 0 Å². The summed E-state index contributed by atoms with van der Waals surface area (Å²) in [5.74, 6) is 6.96. The number of fused-ring (bicyclic) bond motifs is 1. The minimum atomic E-state index is 0.663. The molecule has 0 bridgehead atoms. The Kier molecular flexibility index (Phi) is 3.08. The SMILES string of the molecule is NNc1nc(Cc2ccccc2)nc2ccccc12. The van der Waals surface area contributed by atoms with Crippen LogP contribution in [-0.4, -0.2) is 9.97 Å². The van der Waals surface area contributed by atoms with Gasteiger partial charge >= 0.3 is 0 Å². The summed E-state index contributed by atoms with van der Waals surface area (Å²) in [6.45, 7) is 0. The number of hydrogen-bond donors (Lipinski definition) is 2. The highest BCUT2D eigenvalue weighted by Gasteiger charge is 2.06. The molecule has 1 heterocycles. The molecule has 0 radical (unpaired) electrons. The van der Waals surface area contributed by atoms with Crippen LogP contribution in [0.15, 0.2) is 54.6 Å². The van der Waals surface area contributed by atoms with Crippen molar-refractivity contribution in [2.24, 2.45) is 5.84 Å². The first kappa shape index (κ1) is 11.6. The van der Waals surface area contributed by atoms with E-state index in [1.165, 1.54) is 5.56 Å². The number of para-hydroxylation sites is 1.